The Morgan fingerprint density at radius 2 is 1.93 bits per heavy atom. The average Bonchev–Trinajstić information content (AvgIpc) is 3.09. The lowest BCUT2D eigenvalue weighted by Crippen LogP contribution is -2.22. The molecule has 0 bridgehead atoms. The quantitative estimate of drug-likeness (QED) is 0.433. The van der Waals surface area contributed by atoms with Crippen LogP contribution in [0.25, 0.3) is 11.0 Å². The molecule has 0 aliphatic rings. The van der Waals surface area contributed by atoms with E-state index in [1.54, 1.807) is 7.11 Å². The summed E-state index contributed by atoms with van der Waals surface area (Å²) in [5.41, 5.74) is 2.04. The number of ether oxygens (including phenoxy) is 2. The van der Waals surface area contributed by atoms with Gasteiger partial charge in [0.15, 0.2) is 11.5 Å². The van der Waals surface area contributed by atoms with Gasteiger partial charge in [-0.2, -0.15) is 0 Å². The second-order valence-electron chi connectivity index (χ2n) is 6.27. The molecular weight excluding hydrogens is 354 g/mol. The molecule has 0 spiro atoms. The van der Waals surface area contributed by atoms with Crippen LogP contribution in [0.4, 0.5) is 0 Å². The number of rotatable bonds is 10. The van der Waals surface area contributed by atoms with Gasteiger partial charge >= 0.3 is 0 Å². The summed E-state index contributed by atoms with van der Waals surface area (Å²) in [5, 5.41) is 2.80. The molecule has 3 aromatic rings. The van der Waals surface area contributed by atoms with Gasteiger partial charge in [-0.25, -0.2) is 4.98 Å². The zero-order chi connectivity index (χ0) is 19.8. The summed E-state index contributed by atoms with van der Waals surface area (Å²) < 4.78 is 13.5. The van der Waals surface area contributed by atoms with Gasteiger partial charge in [0.2, 0.25) is 5.91 Å². The lowest BCUT2D eigenvalue weighted by molar-refractivity contribution is -0.116. The number of nitrogens with zero attached hydrogens (tertiary/aromatic N) is 2. The number of imidazole rings is 1. The Morgan fingerprint density at radius 1 is 1.18 bits per heavy atom. The molecule has 0 saturated carbocycles. The molecular formula is C22H25N3O3. The van der Waals surface area contributed by atoms with Crippen LogP contribution in [-0.2, 0) is 17.8 Å². The number of fused-ring (bicyclic) bond motifs is 1. The number of aromatic nitrogens is 2. The van der Waals surface area contributed by atoms with Gasteiger partial charge in [0.05, 0.1) is 24.7 Å². The van der Waals surface area contributed by atoms with Gasteiger partial charge in [-0.15, -0.1) is 0 Å². The normalized spacial score (nSPS) is 10.6. The Labute approximate surface area is 164 Å². The fourth-order valence-electron chi connectivity index (χ4n) is 3.08. The number of para-hydroxylation sites is 4. The zero-order valence-corrected chi connectivity index (χ0v) is 16.1. The molecule has 6 heteroatoms. The van der Waals surface area contributed by atoms with Gasteiger partial charge in [0.1, 0.15) is 12.4 Å². The van der Waals surface area contributed by atoms with Crippen LogP contribution in [0.15, 0.2) is 61.2 Å². The number of hydrogen-bond donors (Lipinski definition) is 1. The van der Waals surface area contributed by atoms with Crippen molar-refractivity contribution in [2.24, 2.45) is 0 Å². The molecule has 0 atom stereocenters. The summed E-state index contributed by atoms with van der Waals surface area (Å²) in [6.07, 6.45) is 2.85. The smallest absolute Gasteiger partial charge is 0.243 e. The first-order chi connectivity index (χ1) is 13.7. The van der Waals surface area contributed by atoms with Crippen LogP contribution in [0.5, 0.6) is 11.5 Å². The second-order valence-corrected chi connectivity index (χ2v) is 6.27. The molecule has 1 aromatic heterocycles. The SMILES string of the molecule is C=CC(=O)NCCCc1nc2ccccc2n1CCOc1ccccc1OC. The third-order valence-electron chi connectivity index (χ3n) is 4.44. The van der Waals surface area contributed by atoms with E-state index < -0.39 is 0 Å². The molecule has 0 saturated heterocycles. The van der Waals surface area contributed by atoms with Crippen molar-refractivity contribution in [1.82, 2.24) is 14.9 Å². The molecule has 0 aliphatic carbocycles. The number of benzene rings is 2. The molecule has 1 heterocycles. The standard InChI is InChI=1S/C22H25N3O3/c1-3-22(26)23-14-8-13-21-24-17-9-4-5-10-18(17)25(21)15-16-28-20-12-7-6-11-19(20)27-2/h3-7,9-12H,1,8,13-16H2,2H3,(H,23,26). The Morgan fingerprint density at radius 3 is 2.71 bits per heavy atom. The van der Waals surface area contributed by atoms with Crippen molar-refractivity contribution in [2.45, 2.75) is 19.4 Å². The van der Waals surface area contributed by atoms with Crippen LogP contribution >= 0.6 is 0 Å². The van der Waals surface area contributed by atoms with E-state index in [4.69, 9.17) is 14.5 Å². The summed E-state index contributed by atoms with van der Waals surface area (Å²) in [6.45, 7) is 5.22. The Balaban J connectivity index is 1.68. The van der Waals surface area contributed by atoms with Crippen LogP contribution in [0.3, 0.4) is 0 Å². The molecule has 0 aliphatic heterocycles. The van der Waals surface area contributed by atoms with Crippen LogP contribution < -0.4 is 14.8 Å². The number of nitrogens with one attached hydrogen (secondary N) is 1. The van der Waals surface area contributed by atoms with Gasteiger partial charge < -0.3 is 19.4 Å². The van der Waals surface area contributed by atoms with Gasteiger partial charge in [0.25, 0.3) is 0 Å². The van der Waals surface area contributed by atoms with Crippen molar-refractivity contribution in [1.29, 1.82) is 0 Å². The van der Waals surface area contributed by atoms with E-state index in [1.807, 2.05) is 42.5 Å². The highest BCUT2D eigenvalue weighted by Crippen LogP contribution is 2.26. The lowest BCUT2D eigenvalue weighted by Gasteiger charge is -2.13. The Kier molecular flexibility index (Phi) is 6.68. The van der Waals surface area contributed by atoms with Gasteiger partial charge in [-0.3, -0.25) is 4.79 Å². The van der Waals surface area contributed by atoms with Gasteiger partial charge in [-0.1, -0.05) is 30.8 Å². The summed E-state index contributed by atoms with van der Waals surface area (Å²) in [6, 6.07) is 15.7. The number of carbonyl (C=O) groups is 1. The monoisotopic (exact) mass is 379 g/mol. The minimum atomic E-state index is -0.154. The summed E-state index contributed by atoms with van der Waals surface area (Å²) >= 11 is 0. The largest absolute Gasteiger partial charge is 0.493 e. The van der Waals surface area contributed by atoms with E-state index >= 15 is 0 Å². The minimum absolute atomic E-state index is 0.154. The van der Waals surface area contributed by atoms with Crippen LogP contribution in [0.2, 0.25) is 0 Å². The van der Waals surface area contributed by atoms with E-state index in [0.29, 0.717) is 19.7 Å². The molecule has 0 radical (unpaired) electrons. The van der Waals surface area contributed by atoms with Gasteiger partial charge in [0, 0.05) is 13.0 Å². The maximum absolute atomic E-state index is 11.3. The van der Waals surface area contributed by atoms with Gasteiger partial charge in [-0.05, 0) is 36.8 Å². The highest BCUT2D eigenvalue weighted by atomic mass is 16.5. The molecule has 1 N–H and O–H groups in total. The second kappa shape index (κ2) is 9.60. The maximum atomic E-state index is 11.3. The third kappa shape index (κ3) is 4.71. The average molecular weight is 379 g/mol. The Bertz CT molecular complexity index is 949. The van der Waals surface area contributed by atoms with Crippen molar-refractivity contribution < 1.29 is 14.3 Å². The van der Waals surface area contributed by atoms with E-state index in [2.05, 4.69) is 22.5 Å². The first-order valence-electron chi connectivity index (χ1n) is 9.33. The molecule has 2 aromatic carbocycles. The maximum Gasteiger partial charge on any atom is 0.243 e. The van der Waals surface area contributed by atoms with Crippen molar-refractivity contribution >= 4 is 16.9 Å². The van der Waals surface area contributed by atoms with Crippen molar-refractivity contribution in [2.75, 3.05) is 20.3 Å². The van der Waals surface area contributed by atoms with Crippen LogP contribution in [-0.4, -0.2) is 35.7 Å². The van der Waals surface area contributed by atoms with E-state index in [9.17, 15) is 4.79 Å². The summed E-state index contributed by atoms with van der Waals surface area (Å²) in [5.74, 6) is 2.27. The van der Waals surface area contributed by atoms with Crippen LogP contribution in [0, 0.1) is 0 Å². The first-order valence-corrected chi connectivity index (χ1v) is 9.33. The number of hydrogen-bond acceptors (Lipinski definition) is 4. The number of aryl methyl sites for hydroxylation is 1. The summed E-state index contributed by atoms with van der Waals surface area (Å²) in [4.78, 5) is 16.0. The molecule has 1 amide bonds. The first kappa shape index (κ1) is 19.5. The van der Waals surface area contributed by atoms with E-state index in [-0.39, 0.29) is 5.91 Å². The molecule has 0 unspecified atom stereocenters. The highest BCUT2D eigenvalue weighted by Gasteiger charge is 2.11. The number of carbonyl (C=O) groups excluding carboxylic acids is 1. The number of methoxy groups -OCH3 is 1. The molecule has 6 nitrogen and oxygen atoms in total. The van der Waals surface area contributed by atoms with Crippen molar-refractivity contribution in [3.05, 3.63) is 67.0 Å². The fraction of sp³-hybridized carbons (Fsp3) is 0.273. The van der Waals surface area contributed by atoms with E-state index in [0.717, 1.165) is 41.2 Å². The molecule has 28 heavy (non-hydrogen) atoms. The molecule has 0 fully saturated rings. The summed E-state index contributed by atoms with van der Waals surface area (Å²) in [7, 11) is 1.63. The zero-order valence-electron chi connectivity index (χ0n) is 16.1. The number of amides is 1. The Hall–Kier alpha value is -3.28. The molecule has 3 rings (SSSR count). The van der Waals surface area contributed by atoms with Crippen molar-refractivity contribution in [3.63, 3.8) is 0 Å². The highest BCUT2D eigenvalue weighted by molar-refractivity contribution is 5.86. The predicted molar refractivity (Wildman–Crippen MR) is 110 cm³/mol. The molecule has 146 valence electrons. The fourth-order valence-corrected chi connectivity index (χ4v) is 3.08. The lowest BCUT2D eigenvalue weighted by atomic mass is 10.3. The minimum Gasteiger partial charge on any atom is -0.493 e. The van der Waals surface area contributed by atoms with E-state index in [1.165, 1.54) is 6.08 Å². The predicted octanol–water partition coefficient (Wildman–Crippen LogP) is 3.36. The third-order valence-corrected chi connectivity index (χ3v) is 4.44. The topological polar surface area (TPSA) is 65.4 Å². The van der Waals surface area contributed by atoms with Crippen LogP contribution in [0.1, 0.15) is 12.2 Å². The van der Waals surface area contributed by atoms with Crippen molar-refractivity contribution in [3.8, 4) is 11.5 Å².